The normalized spacial score (nSPS) is 16.1. The lowest BCUT2D eigenvalue weighted by Crippen LogP contribution is -2.62. The first kappa shape index (κ1) is 32.5. The summed E-state index contributed by atoms with van der Waals surface area (Å²) in [5.74, 6) is -23.3. The fourth-order valence-corrected chi connectivity index (χ4v) is 1.15. The van der Waals surface area contributed by atoms with Crippen LogP contribution in [-0.2, 0) is 14.0 Å². The van der Waals surface area contributed by atoms with Crippen LogP contribution in [-0.4, -0.2) is 61.9 Å². The van der Waals surface area contributed by atoms with E-state index in [0.717, 1.165) is 0 Å². The van der Waals surface area contributed by atoms with Crippen molar-refractivity contribution < 1.29 is 106 Å². The average Bonchev–Trinajstić information content (AvgIpc) is 2.49. The molecule has 0 heterocycles. The molecule has 0 aromatic heterocycles. The first-order valence-corrected chi connectivity index (χ1v) is 6.79. The van der Waals surface area contributed by atoms with E-state index >= 15 is 0 Å². The molecule has 0 aromatic rings. The molecule has 0 bridgehead atoms. The monoisotopic (exact) mass is 566 g/mol. The van der Waals surface area contributed by atoms with E-state index in [0.29, 0.717) is 0 Å². The molecular weight excluding hydrogens is 566 g/mol. The van der Waals surface area contributed by atoms with Gasteiger partial charge in [-0.15, -0.1) is 0 Å². The Morgan fingerprint density at radius 1 is 0.294 bits per heavy atom. The van der Waals surface area contributed by atoms with Crippen molar-refractivity contribution in [3.8, 4) is 0 Å². The quantitative estimate of drug-likeness (QED) is 0.239. The average molecular weight is 566 g/mol. The van der Waals surface area contributed by atoms with Crippen LogP contribution in [0.3, 0.4) is 0 Å². The molecular formula is C9BF21O3. The molecule has 0 aliphatic carbocycles. The predicted molar refractivity (Wildman–Crippen MR) is 56.9 cm³/mol. The third-order valence-corrected chi connectivity index (χ3v) is 2.90. The molecule has 0 aliphatic rings. The fourth-order valence-electron chi connectivity index (χ4n) is 1.15. The van der Waals surface area contributed by atoms with Gasteiger partial charge < -0.3 is 14.0 Å². The summed E-state index contributed by atoms with van der Waals surface area (Å²) in [4.78, 5) is 0. The lowest BCUT2D eigenvalue weighted by molar-refractivity contribution is -0.441. The minimum atomic E-state index is -7.78. The van der Waals surface area contributed by atoms with Crippen LogP contribution < -0.4 is 0 Å². The van der Waals surface area contributed by atoms with Gasteiger partial charge in [0.2, 0.25) is 0 Å². The van der Waals surface area contributed by atoms with Crippen molar-refractivity contribution >= 4 is 7.32 Å². The predicted octanol–water partition coefficient (Wildman–Crippen LogP) is 6.39. The van der Waals surface area contributed by atoms with Crippen molar-refractivity contribution in [1.82, 2.24) is 0 Å². The van der Waals surface area contributed by atoms with Crippen LogP contribution in [0.4, 0.5) is 92.2 Å². The van der Waals surface area contributed by atoms with Crippen LogP contribution in [0.5, 0.6) is 0 Å². The Bertz CT molecular complexity index is 609. The van der Waals surface area contributed by atoms with Crippen LogP contribution in [0.1, 0.15) is 0 Å². The van der Waals surface area contributed by atoms with Crippen LogP contribution in [0.25, 0.3) is 0 Å². The van der Waals surface area contributed by atoms with E-state index in [2.05, 4.69) is 0 Å². The summed E-state index contributed by atoms with van der Waals surface area (Å²) in [5.41, 5.74) is 0. The molecule has 0 unspecified atom stereocenters. The minimum absolute atomic E-state index is 1.71. The summed E-state index contributed by atoms with van der Waals surface area (Å²) < 4.78 is 266. The molecule has 34 heavy (non-hydrogen) atoms. The van der Waals surface area contributed by atoms with Gasteiger partial charge in [0, 0.05) is 0 Å². The number of alkyl halides is 21. The molecule has 0 fully saturated rings. The highest BCUT2D eigenvalue weighted by molar-refractivity contribution is 6.36. The maximum Gasteiger partial charge on any atom is 0.652 e. The highest BCUT2D eigenvalue weighted by Gasteiger charge is 2.81. The summed E-state index contributed by atoms with van der Waals surface area (Å²) in [6.07, 6.45) is -45.8. The molecule has 0 atom stereocenters. The van der Waals surface area contributed by atoms with Gasteiger partial charge >= 0.3 is 61.9 Å². The largest absolute Gasteiger partial charge is 0.652 e. The topological polar surface area (TPSA) is 27.7 Å². The molecule has 0 N–H and O–H groups in total. The van der Waals surface area contributed by atoms with Crippen LogP contribution in [0.2, 0.25) is 0 Å². The molecule has 0 saturated carbocycles. The number of rotatable bonds is 9. The van der Waals surface area contributed by atoms with Crippen LogP contribution >= 0.6 is 0 Å². The number of halogens is 21. The molecule has 0 radical (unpaired) electrons. The molecule has 204 valence electrons. The minimum Gasteiger partial charge on any atom is -0.321 e. The highest BCUT2D eigenvalue weighted by Crippen LogP contribution is 2.52. The van der Waals surface area contributed by atoms with Gasteiger partial charge in [-0.2, -0.15) is 92.2 Å². The Labute approximate surface area is 169 Å². The SMILES string of the molecule is FC(F)(F)C(F)(F)C(F)(F)OB(OC(F)(F)C(F)(F)C(F)(F)F)OC(F)(F)C(F)(F)C(F)(F)F. The van der Waals surface area contributed by atoms with Crippen molar-refractivity contribution in [3.63, 3.8) is 0 Å². The lowest BCUT2D eigenvalue weighted by Gasteiger charge is -2.34. The summed E-state index contributed by atoms with van der Waals surface area (Å²) >= 11 is 0. The van der Waals surface area contributed by atoms with Crippen molar-refractivity contribution in [1.29, 1.82) is 0 Å². The van der Waals surface area contributed by atoms with E-state index < -0.39 is 61.9 Å². The van der Waals surface area contributed by atoms with Crippen molar-refractivity contribution in [2.45, 2.75) is 54.6 Å². The Balaban J connectivity index is 6.56. The fraction of sp³-hybridized carbons (Fsp3) is 1.00. The van der Waals surface area contributed by atoms with Gasteiger partial charge in [0.25, 0.3) is 0 Å². The maximum atomic E-state index is 13.0. The zero-order chi connectivity index (χ0) is 28.2. The van der Waals surface area contributed by atoms with E-state index in [1.54, 1.807) is 14.0 Å². The van der Waals surface area contributed by atoms with Gasteiger partial charge in [-0.3, -0.25) is 0 Å². The van der Waals surface area contributed by atoms with E-state index in [-0.39, 0.29) is 0 Å². The lowest BCUT2D eigenvalue weighted by atomic mass is 10.1. The van der Waals surface area contributed by atoms with Gasteiger partial charge in [-0.05, 0) is 0 Å². The van der Waals surface area contributed by atoms with Gasteiger partial charge in [-0.1, -0.05) is 0 Å². The maximum absolute atomic E-state index is 13.0. The first-order valence-electron chi connectivity index (χ1n) is 6.79. The smallest absolute Gasteiger partial charge is 0.321 e. The van der Waals surface area contributed by atoms with E-state index in [1.165, 1.54) is 0 Å². The standard InChI is InChI=1S/C9BF21O3/c11-1(12,4(17,18)19)7(26,27)32-10(33-8(28,29)2(13,14)5(20,21)22)34-9(30,31)3(15,16)6(23,24)25. The van der Waals surface area contributed by atoms with E-state index in [1.807, 2.05) is 0 Å². The second-order valence-electron chi connectivity index (χ2n) is 5.41. The van der Waals surface area contributed by atoms with Gasteiger partial charge in [0.1, 0.15) is 0 Å². The van der Waals surface area contributed by atoms with Crippen LogP contribution in [0, 0.1) is 0 Å². The second kappa shape index (κ2) is 8.55. The zero-order valence-electron chi connectivity index (χ0n) is 14.2. The van der Waals surface area contributed by atoms with Gasteiger partial charge in [0.15, 0.2) is 0 Å². The van der Waals surface area contributed by atoms with Crippen molar-refractivity contribution in [2.24, 2.45) is 0 Å². The third-order valence-electron chi connectivity index (χ3n) is 2.90. The van der Waals surface area contributed by atoms with Gasteiger partial charge in [0.05, 0.1) is 0 Å². The summed E-state index contributed by atoms with van der Waals surface area (Å²) in [5, 5.41) is 0. The summed E-state index contributed by atoms with van der Waals surface area (Å²) in [7, 11) is -6.00. The van der Waals surface area contributed by atoms with Gasteiger partial charge in [-0.25, -0.2) is 0 Å². The molecule has 0 amide bonds. The number of hydrogen-bond acceptors (Lipinski definition) is 3. The molecule has 0 saturated heterocycles. The second-order valence-corrected chi connectivity index (χ2v) is 5.41. The Kier molecular flexibility index (Phi) is 8.17. The summed E-state index contributed by atoms with van der Waals surface area (Å²) in [6.45, 7) is 0. The molecule has 25 heteroatoms. The van der Waals surface area contributed by atoms with Crippen molar-refractivity contribution in [2.75, 3.05) is 0 Å². The molecule has 0 rings (SSSR count). The zero-order valence-corrected chi connectivity index (χ0v) is 14.2. The Hall–Kier alpha value is -1.53. The van der Waals surface area contributed by atoms with E-state index in [9.17, 15) is 92.2 Å². The molecule has 0 aromatic carbocycles. The highest BCUT2D eigenvalue weighted by atomic mass is 19.4. The third kappa shape index (κ3) is 5.82. The summed E-state index contributed by atoms with van der Waals surface area (Å²) in [6, 6.07) is 0. The van der Waals surface area contributed by atoms with Crippen molar-refractivity contribution in [3.05, 3.63) is 0 Å². The Morgan fingerprint density at radius 2 is 0.441 bits per heavy atom. The Morgan fingerprint density at radius 3 is 0.559 bits per heavy atom. The van der Waals surface area contributed by atoms with E-state index in [4.69, 9.17) is 0 Å². The first-order chi connectivity index (χ1) is 14.3. The molecule has 0 aliphatic heterocycles. The molecule has 3 nitrogen and oxygen atoms in total. The van der Waals surface area contributed by atoms with Crippen LogP contribution in [0.15, 0.2) is 0 Å². The molecule has 0 spiro atoms. The number of hydrogen-bond donors (Lipinski definition) is 0.